The lowest BCUT2D eigenvalue weighted by atomic mass is 9.36. The van der Waals surface area contributed by atoms with Crippen molar-refractivity contribution < 1.29 is 14.6 Å². The van der Waals surface area contributed by atoms with Crippen LogP contribution in [0.4, 0.5) is 4.79 Å². The normalized spacial score (nSPS) is 38.4. The maximum Gasteiger partial charge on any atom is 0.410 e. The third-order valence-electron chi connectivity index (χ3n) is 5.06. The molecule has 1 heterocycles. The minimum atomic E-state index is -0.412. The fourth-order valence-corrected chi connectivity index (χ4v) is 4.24. The number of piperidine rings is 1. The number of carbonyl (C=O) groups is 1. The lowest BCUT2D eigenvalue weighted by Gasteiger charge is -2.71. The first-order chi connectivity index (χ1) is 8.72. The maximum atomic E-state index is 12.0. The van der Waals surface area contributed by atoms with Crippen LogP contribution in [0, 0.1) is 11.3 Å². The third-order valence-corrected chi connectivity index (χ3v) is 5.06. The molecule has 4 rings (SSSR count). The van der Waals surface area contributed by atoms with Gasteiger partial charge in [-0.05, 0) is 64.2 Å². The molecular formula is C15H25NO3. The van der Waals surface area contributed by atoms with E-state index in [0.29, 0.717) is 11.3 Å². The molecule has 2 bridgehead atoms. The number of amides is 1. The first kappa shape index (κ1) is 13.2. The molecule has 1 saturated heterocycles. The van der Waals surface area contributed by atoms with Crippen LogP contribution >= 0.6 is 0 Å². The van der Waals surface area contributed by atoms with Gasteiger partial charge in [0.05, 0.1) is 5.60 Å². The van der Waals surface area contributed by atoms with Gasteiger partial charge in [0.25, 0.3) is 0 Å². The fraction of sp³-hybridized carbons (Fsp3) is 0.933. The minimum absolute atomic E-state index is 0.179. The van der Waals surface area contributed by atoms with Gasteiger partial charge in [-0.3, -0.25) is 0 Å². The average molecular weight is 267 g/mol. The molecule has 0 aromatic heterocycles. The summed E-state index contributed by atoms with van der Waals surface area (Å²) in [6.45, 7) is 7.32. The predicted octanol–water partition coefficient (Wildman–Crippen LogP) is 2.55. The molecule has 4 heteroatoms. The Bertz CT molecular complexity index is 371. The van der Waals surface area contributed by atoms with Crippen LogP contribution in [0.3, 0.4) is 0 Å². The van der Waals surface area contributed by atoms with E-state index in [9.17, 15) is 9.90 Å². The molecule has 4 fully saturated rings. The molecule has 0 radical (unpaired) electrons. The molecule has 0 aromatic rings. The molecule has 1 N–H and O–H groups in total. The number of ether oxygens (including phenoxy) is 1. The zero-order chi connectivity index (χ0) is 13.9. The van der Waals surface area contributed by atoms with Crippen LogP contribution in [-0.2, 0) is 4.74 Å². The molecule has 0 unspecified atom stereocenters. The lowest BCUT2D eigenvalue weighted by Crippen LogP contribution is -2.70. The first-order valence-electron chi connectivity index (χ1n) is 7.42. The summed E-state index contributed by atoms with van der Waals surface area (Å²) in [5, 5.41) is 9.86. The number of hydrogen-bond acceptors (Lipinski definition) is 3. The predicted molar refractivity (Wildman–Crippen MR) is 71.8 cm³/mol. The Labute approximate surface area is 115 Å². The van der Waals surface area contributed by atoms with Crippen LogP contribution < -0.4 is 0 Å². The topological polar surface area (TPSA) is 49.8 Å². The SMILES string of the molecule is CC(C)(C)OC(=O)N1CCC(C23CC(O)(C2)C3)CC1. The molecule has 0 aromatic carbocycles. The molecule has 3 aliphatic carbocycles. The highest BCUT2D eigenvalue weighted by Gasteiger charge is 2.69. The van der Waals surface area contributed by atoms with Gasteiger partial charge in [0, 0.05) is 13.1 Å². The van der Waals surface area contributed by atoms with E-state index in [1.165, 1.54) is 0 Å². The smallest absolute Gasteiger partial charge is 0.410 e. The highest BCUT2D eigenvalue weighted by atomic mass is 16.6. The van der Waals surface area contributed by atoms with Gasteiger partial charge in [0.1, 0.15) is 5.60 Å². The zero-order valence-electron chi connectivity index (χ0n) is 12.2. The number of rotatable bonds is 1. The van der Waals surface area contributed by atoms with Crippen molar-refractivity contribution in [3.05, 3.63) is 0 Å². The molecule has 108 valence electrons. The minimum Gasteiger partial charge on any atom is -0.444 e. The molecule has 4 aliphatic rings. The Morgan fingerprint density at radius 1 is 1.21 bits per heavy atom. The Morgan fingerprint density at radius 2 is 1.74 bits per heavy atom. The van der Waals surface area contributed by atoms with Gasteiger partial charge in [-0.1, -0.05) is 0 Å². The second-order valence-electron chi connectivity index (χ2n) is 7.86. The molecule has 1 amide bonds. The van der Waals surface area contributed by atoms with Gasteiger partial charge in [0.2, 0.25) is 0 Å². The van der Waals surface area contributed by atoms with E-state index in [0.717, 1.165) is 45.2 Å². The summed E-state index contributed by atoms with van der Waals surface area (Å²) in [4.78, 5) is 13.8. The molecule has 0 spiro atoms. The van der Waals surface area contributed by atoms with Gasteiger partial charge in [-0.2, -0.15) is 0 Å². The number of aliphatic hydroxyl groups is 1. The third kappa shape index (κ3) is 2.24. The Morgan fingerprint density at radius 3 is 2.16 bits per heavy atom. The second-order valence-corrected chi connectivity index (χ2v) is 7.86. The zero-order valence-corrected chi connectivity index (χ0v) is 12.2. The molecule has 4 nitrogen and oxygen atoms in total. The van der Waals surface area contributed by atoms with E-state index < -0.39 is 5.60 Å². The van der Waals surface area contributed by atoms with Crippen molar-refractivity contribution >= 4 is 6.09 Å². The van der Waals surface area contributed by atoms with E-state index in [4.69, 9.17) is 4.74 Å². The fourth-order valence-electron chi connectivity index (χ4n) is 4.24. The molecule has 19 heavy (non-hydrogen) atoms. The Balaban J connectivity index is 1.49. The first-order valence-corrected chi connectivity index (χ1v) is 7.42. The van der Waals surface area contributed by atoms with E-state index in [-0.39, 0.29) is 11.7 Å². The van der Waals surface area contributed by atoms with E-state index in [1.54, 1.807) is 0 Å². The van der Waals surface area contributed by atoms with Gasteiger partial charge >= 0.3 is 6.09 Å². The summed E-state index contributed by atoms with van der Waals surface area (Å²) in [5.74, 6) is 0.695. The van der Waals surface area contributed by atoms with Crippen molar-refractivity contribution in [3.63, 3.8) is 0 Å². The summed E-state index contributed by atoms with van der Waals surface area (Å²) < 4.78 is 5.41. The molecular weight excluding hydrogens is 242 g/mol. The van der Waals surface area contributed by atoms with Crippen LogP contribution in [-0.4, -0.2) is 40.4 Å². The summed E-state index contributed by atoms with van der Waals surface area (Å²) in [6, 6.07) is 0. The van der Waals surface area contributed by atoms with Crippen LogP contribution in [0.25, 0.3) is 0 Å². The molecule has 1 aliphatic heterocycles. The van der Waals surface area contributed by atoms with Gasteiger partial charge < -0.3 is 14.7 Å². The summed E-state index contributed by atoms with van der Waals surface area (Å²) in [7, 11) is 0. The van der Waals surface area contributed by atoms with Crippen molar-refractivity contribution in [2.24, 2.45) is 11.3 Å². The van der Waals surface area contributed by atoms with E-state index in [2.05, 4.69) is 0 Å². The Kier molecular flexibility index (Phi) is 2.70. The molecule has 0 atom stereocenters. The second kappa shape index (κ2) is 3.87. The van der Waals surface area contributed by atoms with Crippen molar-refractivity contribution in [2.75, 3.05) is 13.1 Å². The van der Waals surface area contributed by atoms with Gasteiger partial charge in [0.15, 0.2) is 0 Å². The van der Waals surface area contributed by atoms with E-state index in [1.807, 2.05) is 25.7 Å². The highest BCUT2D eigenvalue weighted by molar-refractivity contribution is 5.68. The van der Waals surface area contributed by atoms with Crippen molar-refractivity contribution in [1.82, 2.24) is 4.90 Å². The summed E-state index contributed by atoms with van der Waals surface area (Å²) in [6.07, 6.45) is 4.94. The number of likely N-dealkylation sites (tertiary alicyclic amines) is 1. The highest BCUT2D eigenvalue weighted by Crippen LogP contribution is 2.71. The monoisotopic (exact) mass is 267 g/mol. The van der Waals surface area contributed by atoms with Crippen LogP contribution in [0.15, 0.2) is 0 Å². The van der Waals surface area contributed by atoms with Gasteiger partial charge in [-0.15, -0.1) is 0 Å². The average Bonchev–Trinajstić information content (AvgIpc) is 2.21. The number of carbonyl (C=O) groups excluding carboxylic acids is 1. The largest absolute Gasteiger partial charge is 0.444 e. The van der Waals surface area contributed by atoms with Crippen molar-refractivity contribution in [3.8, 4) is 0 Å². The summed E-state index contributed by atoms with van der Waals surface area (Å²) >= 11 is 0. The summed E-state index contributed by atoms with van der Waals surface area (Å²) in [5.41, 5.74) is -0.290. The molecule has 3 saturated carbocycles. The van der Waals surface area contributed by atoms with Gasteiger partial charge in [-0.25, -0.2) is 4.79 Å². The quantitative estimate of drug-likeness (QED) is 0.794. The van der Waals surface area contributed by atoms with Crippen molar-refractivity contribution in [1.29, 1.82) is 0 Å². The lowest BCUT2D eigenvalue weighted by molar-refractivity contribution is -0.287. The number of hydrogen-bond donors (Lipinski definition) is 1. The Hall–Kier alpha value is -0.770. The maximum absolute atomic E-state index is 12.0. The van der Waals surface area contributed by atoms with Crippen LogP contribution in [0.1, 0.15) is 52.9 Å². The van der Waals surface area contributed by atoms with Crippen molar-refractivity contribution in [2.45, 2.75) is 64.1 Å². The number of nitrogens with zero attached hydrogens (tertiary/aromatic N) is 1. The van der Waals surface area contributed by atoms with Crippen LogP contribution in [0.5, 0.6) is 0 Å². The van der Waals surface area contributed by atoms with E-state index >= 15 is 0 Å². The van der Waals surface area contributed by atoms with Crippen LogP contribution in [0.2, 0.25) is 0 Å². The standard InChI is InChI=1S/C15H25NO3/c1-13(2,3)19-12(17)16-6-4-11(5-7-16)14-8-15(18,9-14)10-14/h11,18H,4-10H2,1-3H3.